The summed E-state index contributed by atoms with van der Waals surface area (Å²) in [6.45, 7) is 7.12. The number of ether oxygens (including phenoxy) is 1. The van der Waals surface area contributed by atoms with E-state index in [1.54, 1.807) is 13.1 Å². The Bertz CT molecular complexity index is 529. The predicted octanol–water partition coefficient (Wildman–Crippen LogP) is 3.51. The van der Waals surface area contributed by atoms with Crippen molar-refractivity contribution < 1.29 is 9.13 Å². The Kier molecular flexibility index (Phi) is 8.08. The number of nitrogens with zero attached hydrogens (tertiary/aromatic N) is 2. The van der Waals surface area contributed by atoms with Crippen molar-refractivity contribution in [2.75, 3.05) is 27.2 Å². The molecule has 0 aliphatic carbocycles. The Morgan fingerprint density at radius 2 is 2.00 bits per heavy atom. The zero-order valence-electron chi connectivity index (χ0n) is 14.3. The Labute approximate surface area is 155 Å². The van der Waals surface area contributed by atoms with Crippen LogP contribution in [0.4, 0.5) is 4.39 Å². The van der Waals surface area contributed by atoms with Crippen LogP contribution in [0.25, 0.3) is 0 Å². The maximum absolute atomic E-state index is 13.7. The van der Waals surface area contributed by atoms with Crippen molar-refractivity contribution >= 4 is 29.9 Å². The van der Waals surface area contributed by atoms with Gasteiger partial charge in [0.1, 0.15) is 0 Å². The molecule has 0 bridgehead atoms. The van der Waals surface area contributed by atoms with E-state index in [0.29, 0.717) is 18.4 Å². The number of hydrogen-bond donors (Lipinski definition) is 1. The van der Waals surface area contributed by atoms with E-state index in [4.69, 9.17) is 4.74 Å². The molecule has 0 spiro atoms. The number of benzene rings is 1. The Morgan fingerprint density at radius 1 is 1.35 bits per heavy atom. The molecule has 2 rings (SSSR count). The van der Waals surface area contributed by atoms with E-state index in [-0.39, 0.29) is 35.5 Å². The lowest BCUT2D eigenvalue weighted by molar-refractivity contribution is 0.208. The summed E-state index contributed by atoms with van der Waals surface area (Å²) < 4.78 is 18.7. The quantitative estimate of drug-likeness (QED) is 0.449. The van der Waals surface area contributed by atoms with Crippen molar-refractivity contribution in [2.45, 2.75) is 26.8 Å². The van der Waals surface area contributed by atoms with Crippen molar-refractivity contribution in [3.05, 3.63) is 29.6 Å². The molecule has 0 saturated carbocycles. The molecule has 0 aromatic heterocycles. The van der Waals surface area contributed by atoms with Gasteiger partial charge in [0, 0.05) is 26.7 Å². The number of likely N-dealkylation sites (tertiary alicyclic amines) is 1. The lowest BCUT2D eigenvalue weighted by atomic mass is 9.92. The van der Waals surface area contributed by atoms with Gasteiger partial charge in [-0.15, -0.1) is 24.0 Å². The molecule has 1 aromatic carbocycles. The lowest BCUT2D eigenvalue weighted by Gasteiger charge is -2.37. The van der Waals surface area contributed by atoms with Gasteiger partial charge in [0.05, 0.1) is 7.11 Å². The molecule has 2 atom stereocenters. The van der Waals surface area contributed by atoms with Gasteiger partial charge in [-0.25, -0.2) is 4.39 Å². The van der Waals surface area contributed by atoms with E-state index in [9.17, 15) is 4.39 Å². The van der Waals surface area contributed by atoms with Gasteiger partial charge in [-0.05, 0) is 36.0 Å². The number of aliphatic imine (C=N–C) groups is 1. The van der Waals surface area contributed by atoms with Crippen LogP contribution in [0.15, 0.2) is 23.2 Å². The minimum absolute atomic E-state index is 0. The molecule has 130 valence electrons. The second-order valence-corrected chi connectivity index (χ2v) is 6.22. The molecule has 1 aliphatic heterocycles. The highest BCUT2D eigenvalue weighted by molar-refractivity contribution is 14.0. The highest BCUT2D eigenvalue weighted by Crippen LogP contribution is 2.21. The van der Waals surface area contributed by atoms with Crippen LogP contribution < -0.4 is 10.1 Å². The third-order valence-electron chi connectivity index (χ3n) is 4.05. The highest BCUT2D eigenvalue weighted by atomic mass is 127. The summed E-state index contributed by atoms with van der Waals surface area (Å²) in [4.78, 5) is 6.66. The fourth-order valence-corrected chi connectivity index (χ4v) is 3.17. The highest BCUT2D eigenvalue weighted by Gasteiger charge is 2.23. The molecular formula is C17H27FIN3O. The van der Waals surface area contributed by atoms with Gasteiger partial charge >= 0.3 is 0 Å². The summed E-state index contributed by atoms with van der Waals surface area (Å²) in [6.07, 6.45) is 1.26. The zero-order valence-corrected chi connectivity index (χ0v) is 16.6. The number of nitrogens with one attached hydrogen (secondary N) is 1. The van der Waals surface area contributed by atoms with Crippen molar-refractivity contribution in [1.29, 1.82) is 0 Å². The normalized spacial score (nSPS) is 21.6. The summed E-state index contributed by atoms with van der Waals surface area (Å²) in [5.41, 5.74) is 0.873. The van der Waals surface area contributed by atoms with E-state index in [1.165, 1.54) is 19.6 Å². The van der Waals surface area contributed by atoms with Crippen LogP contribution in [-0.2, 0) is 6.54 Å². The lowest BCUT2D eigenvalue weighted by Crippen LogP contribution is -2.48. The maximum Gasteiger partial charge on any atom is 0.193 e. The number of hydrogen-bond acceptors (Lipinski definition) is 2. The second-order valence-electron chi connectivity index (χ2n) is 6.22. The number of halogens is 2. The van der Waals surface area contributed by atoms with Crippen LogP contribution in [-0.4, -0.2) is 38.1 Å². The zero-order chi connectivity index (χ0) is 16.1. The minimum atomic E-state index is -0.336. The number of guanidine groups is 1. The average Bonchev–Trinajstić information content (AvgIpc) is 2.47. The maximum atomic E-state index is 13.7. The van der Waals surface area contributed by atoms with E-state index >= 15 is 0 Å². The minimum Gasteiger partial charge on any atom is -0.494 e. The summed E-state index contributed by atoms with van der Waals surface area (Å²) >= 11 is 0. The average molecular weight is 435 g/mol. The van der Waals surface area contributed by atoms with Crippen LogP contribution in [0.2, 0.25) is 0 Å². The van der Waals surface area contributed by atoms with Crippen molar-refractivity contribution in [1.82, 2.24) is 10.2 Å². The first-order valence-corrected chi connectivity index (χ1v) is 7.81. The summed E-state index contributed by atoms with van der Waals surface area (Å²) in [7, 11) is 3.26. The van der Waals surface area contributed by atoms with Gasteiger partial charge in [0.2, 0.25) is 0 Å². The summed E-state index contributed by atoms with van der Waals surface area (Å²) in [6, 6.07) is 5.02. The van der Waals surface area contributed by atoms with Crippen LogP contribution in [0.5, 0.6) is 5.75 Å². The molecule has 2 unspecified atom stereocenters. The largest absolute Gasteiger partial charge is 0.494 e. The van der Waals surface area contributed by atoms with Crippen molar-refractivity contribution in [3.8, 4) is 5.75 Å². The van der Waals surface area contributed by atoms with Gasteiger partial charge in [0.15, 0.2) is 17.5 Å². The standard InChI is InChI=1S/C17H26FN3O.HI/c1-12-7-13(2)11-21(10-12)17(19-3)20-9-14-5-6-16(22-4)15(18)8-14;/h5-6,8,12-13H,7,9-11H2,1-4H3,(H,19,20);1H. The van der Waals surface area contributed by atoms with Crippen LogP contribution in [0, 0.1) is 17.7 Å². The first kappa shape index (κ1) is 20.0. The number of rotatable bonds is 3. The molecule has 4 nitrogen and oxygen atoms in total. The van der Waals surface area contributed by atoms with Crippen molar-refractivity contribution in [2.24, 2.45) is 16.8 Å². The van der Waals surface area contributed by atoms with Crippen LogP contribution in [0.1, 0.15) is 25.8 Å². The summed E-state index contributed by atoms with van der Waals surface area (Å²) in [5.74, 6) is 2.15. The smallest absolute Gasteiger partial charge is 0.193 e. The molecule has 23 heavy (non-hydrogen) atoms. The van der Waals surface area contributed by atoms with E-state index in [1.807, 2.05) is 6.07 Å². The number of methoxy groups -OCH3 is 1. The Morgan fingerprint density at radius 3 is 2.52 bits per heavy atom. The topological polar surface area (TPSA) is 36.9 Å². The fraction of sp³-hybridized carbons (Fsp3) is 0.588. The number of piperidine rings is 1. The third-order valence-corrected chi connectivity index (χ3v) is 4.05. The molecule has 1 aromatic rings. The second kappa shape index (κ2) is 9.30. The molecule has 1 N–H and O–H groups in total. The van der Waals surface area contributed by atoms with E-state index in [0.717, 1.165) is 24.6 Å². The van der Waals surface area contributed by atoms with E-state index in [2.05, 4.69) is 29.1 Å². The predicted molar refractivity (Wildman–Crippen MR) is 103 cm³/mol. The van der Waals surface area contributed by atoms with Gasteiger partial charge in [-0.2, -0.15) is 0 Å². The Hall–Kier alpha value is -1.05. The summed E-state index contributed by atoms with van der Waals surface area (Å²) in [5, 5.41) is 3.33. The molecule has 1 aliphatic rings. The van der Waals surface area contributed by atoms with E-state index < -0.39 is 0 Å². The van der Waals surface area contributed by atoms with Gasteiger partial charge in [0.25, 0.3) is 0 Å². The van der Waals surface area contributed by atoms with Gasteiger partial charge in [-0.1, -0.05) is 19.9 Å². The first-order valence-electron chi connectivity index (χ1n) is 7.81. The molecular weight excluding hydrogens is 408 g/mol. The Balaban J connectivity index is 0.00000264. The monoisotopic (exact) mass is 435 g/mol. The molecule has 6 heteroatoms. The van der Waals surface area contributed by atoms with Crippen LogP contribution >= 0.6 is 24.0 Å². The molecule has 1 fully saturated rings. The van der Waals surface area contributed by atoms with Crippen LogP contribution in [0.3, 0.4) is 0 Å². The van der Waals surface area contributed by atoms with Crippen molar-refractivity contribution in [3.63, 3.8) is 0 Å². The first-order chi connectivity index (χ1) is 10.5. The molecule has 0 radical (unpaired) electrons. The van der Waals surface area contributed by atoms with Gasteiger partial charge in [-0.3, -0.25) is 4.99 Å². The third kappa shape index (κ3) is 5.51. The van der Waals surface area contributed by atoms with Gasteiger partial charge < -0.3 is 15.0 Å². The molecule has 0 amide bonds. The molecule has 1 saturated heterocycles. The SMILES string of the molecule is CN=C(NCc1ccc(OC)c(F)c1)N1CC(C)CC(C)C1.I. The molecule has 1 heterocycles. The fourth-order valence-electron chi connectivity index (χ4n) is 3.17.